The van der Waals surface area contributed by atoms with Crippen LogP contribution in [0.4, 0.5) is 11.4 Å². The third-order valence-electron chi connectivity index (χ3n) is 4.05. The van der Waals surface area contributed by atoms with E-state index >= 15 is 0 Å². The average Bonchev–Trinajstić information content (AvgIpc) is 2.99. The van der Waals surface area contributed by atoms with Crippen LogP contribution in [-0.2, 0) is 19.7 Å². The van der Waals surface area contributed by atoms with Crippen LogP contribution in [0.5, 0.6) is 0 Å². The summed E-state index contributed by atoms with van der Waals surface area (Å²) in [6.45, 7) is 2.04. The molecular formula is C19H19NO4S3. The van der Waals surface area contributed by atoms with Crippen molar-refractivity contribution in [3.8, 4) is 10.4 Å². The highest BCUT2D eigenvalue weighted by atomic mass is 32.2. The summed E-state index contributed by atoms with van der Waals surface area (Å²) in [5.41, 5.74) is 3.26. The molecule has 27 heavy (non-hydrogen) atoms. The fraction of sp³-hybridized carbons (Fsp3) is 0.158. The smallest absolute Gasteiger partial charge is 0.177 e. The molecular weight excluding hydrogens is 402 g/mol. The lowest BCUT2D eigenvalue weighted by Crippen LogP contribution is -2.06. The summed E-state index contributed by atoms with van der Waals surface area (Å²) < 4.78 is 47.9. The molecule has 0 atom stereocenters. The molecule has 0 amide bonds. The van der Waals surface area contributed by atoms with Gasteiger partial charge < -0.3 is 5.32 Å². The second-order valence-electron chi connectivity index (χ2n) is 6.34. The van der Waals surface area contributed by atoms with Crippen LogP contribution in [0.25, 0.3) is 10.4 Å². The number of anilines is 2. The van der Waals surface area contributed by atoms with Crippen molar-refractivity contribution in [2.45, 2.75) is 16.7 Å². The summed E-state index contributed by atoms with van der Waals surface area (Å²) in [6.07, 6.45) is 2.11. The van der Waals surface area contributed by atoms with Crippen LogP contribution in [-0.4, -0.2) is 29.3 Å². The number of aryl methyl sites for hydroxylation is 1. The maximum Gasteiger partial charge on any atom is 0.177 e. The van der Waals surface area contributed by atoms with Crippen LogP contribution >= 0.6 is 11.3 Å². The molecule has 0 bridgehead atoms. The van der Waals surface area contributed by atoms with E-state index in [4.69, 9.17) is 0 Å². The first kappa shape index (κ1) is 19.6. The Bertz CT molecular complexity index is 1210. The van der Waals surface area contributed by atoms with Crippen LogP contribution in [0.2, 0.25) is 0 Å². The van der Waals surface area contributed by atoms with Crippen LogP contribution in [0.1, 0.15) is 5.56 Å². The zero-order valence-electron chi connectivity index (χ0n) is 15.1. The molecule has 3 aromatic rings. The maximum atomic E-state index is 12.2. The third kappa shape index (κ3) is 4.40. The van der Waals surface area contributed by atoms with Crippen molar-refractivity contribution in [3.05, 3.63) is 59.5 Å². The normalized spacial score (nSPS) is 12.1. The second kappa shape index (κ2) is 7.10. The number of thiophene rings is 1. The Balaban J connectivity index is 2.05. The molecule has 0 spiro atoms. The summed E-state index contributed by atoms with van der Waals surface area (Å²) >= 11 is 1.64. The van der Waals surface area contributed by atoms with E-state index in [0.29, 0.717) is 5.69 Å². The first-order valence-corrected chi connectivity index (χ1v) is 12.7. The number of rotatable bonds is 5. The minimum absolute atomic E-state index is 0.0311. The Morgan fingerprint density at radius 2 is 1.63 bits per heavy atom. The molecule has 1 heterocycles. The lowest BCUT2D eigenvalue weighted by molar-refractivity contribution is 0.600. The van der Waals surface area contributed by atoms with E-state index in [-0.39, 0.29) is 9.79 Å². The molecule has 0 fully saturated rings. The van der Waals surface area contributed by atoms with E-state index in [1.165, 1.54) is 23.8 Å². The molecule has 3 rings (SSSR count). The topological polar surface area (TPSA) is 80.3 Å². The van der Waals surface area contributed by atoms with Gasteiger partial charge in [0.05, 0.1) is 15.5 Å². The fourth-order valence-electron chi connectivity index (χ4n) is 2.71. The zero-order chi connectivity index (χ0) is 19.8. The van der Waals surface area contributed by atoms with Gasteiger partial charge in [0, 0.05) is 23.1 Å². The Hall–Kier alpha value is -2.16. The summed E-state index contributed by atoms with van der Waals surface area (Å²) in [7, 11) is -7.13. The zero-order valence-corrected chi connectivity index (χ0v) is 17.5. The Labute approximate surface area is 163 Å². The van der Waals surface area contributed by atoms with Gasteiger partial charge in [0.25, 0.3) is 0 Å². The highest BCUT2D eigenvalue weighted by Gasteiger charge is 2.18. The van der Waals surface area contributed by atoms with Crippen molar-refractivity contribution in [2.75, 3.05) is 17.8 Å². The maximum absolute atomic E-state index is 12.2. The van der Waals surface area contributed by atoms with Crippen LogP contribution in [0, 0.1) is 6.92 Å². The summed E-state index contributed by atoms with van der Waals surface area (Å²) in [5, 5.41) is 5.13. The lowest BCUT2D eigenvalue weighted by atomic mass is 10.1. The highest BCUT2D eigenvalue weighted by molar-refractivity contribution is 7.91. The summed E-state index contributed by atoms with van der Waals surface area (Å²) in [5.74, 6) is 0. The van der Waals surface area contributed by atoms with Crippen molar-refractivity contribution < 1.29 is 16.8 Å². The molecule has 5 nitrogen and oxygen atoms in total. The first-order chi connectivity index (χ1) is 12.6. The molecule has 0 aliphatic heterocycles. The Kier molecular flexibility index (Phi) is 5.16. The standard InChI is InChI=1S/C19H19NO4S3/c1-13-9-10-25-19(13)14-5-4-6-15(11-14)20-17-8-7-16(26(2,21)22)12-18(17)27(3,23)24/h4-12,20H,1-3H3. The van der Waals surface area contributed by atoms with Gasteiger partial charge in [0.1, 0.15) is 0 Å². The number of hydrogen-bond acceptors (Lipinski definition) is 6. The SMILES string of the molecule is Cc1ccsc1-c1cccc(Nc2ccc(S(C)(=O)=O)cc2S(C)(=O)=O)c1. The summed E-state index contributed by atoms with van der Waals surface area (Å²) in [4.78, 5) is 1.06. The van der Waals surface area contributed by atoms with E-state index in [9.17, 15) is 16.8 Å². The van der Waals surface area contributed by atoms with E-state index in [1.54, 1.807) is 11.3 Å². The largest absolute Gasteiger partial charge is 0.354 e. The van der Waals surface area contributed by atoms with Crippen LogP contribution in [0.3, 0.4) is 0 Å². The van der Waals surface area contributed by atoms with Gasteiger partial charge >= 0.3 is 0 Å². The minimum atomic E-state index is -3.62. The van der Waals surface area contributed by atoms with Crippen molar-refractivity contribution in [1.82, 2.24) is 0 Å². The van der Waals surface area contributed by atoms with Crippen LogP contribution < -0.4 is 5.32 Å². The molecule has 0 unspecified atom stereocenters. The average molecular weight is 422 g/mol. The third-order valence-corrected chi connectivity index (χ3v) is 7.36. The van der Waals surface area contributed by atoms with Gasteiger partial charge in [-0.05, 0) is 59.8 Å². The van der Waals surface area contributed by atoms with Crippen molar-refractivity contribution in [1.29, 1.82) is 0 Å². The van der Waals surface area contributed by atoms with E-state index in [1.807, 2.05) is 42.6 Å². The number of nitrogens with one attached hydrogen (secondary N) is 1. The molecule has 0 saturated heterocycles. The monoisotopic (exact) mass is 421 g/mol. The predicted molar refractivity (Wildman–Crippen MR) is 110 cm³/mol. The van der Waals surface area contributed by atoms with Gasteiger partial charge in [-0.3, -0.25) is 0 Å². The number of hydrogen-bond donors (Lipinski definition) is 1. The quantitative estimate of drug-likeness (QED) is 0.665. The first-order valence-electron chi connectivity index (χ1n) is 8.01. The van der Waals surface area contributed by atoms with Gasteiger partial charge in [-0.2, -0.15) is 0 Å². The lowest BCUT2D eigenvalue weighted by Gasteiger charge is -2.13. The van der Waals surface area contributed by atoms with E-state index in [2.05, 4.69) is 5.32 Å². The Morgan fingerprint density at radius 1 is 0.889 bits per heavy atom. The van der Waals surface area contributed by atoms with E-state index < -0.39 is 19.7 Å². The van der Waals surface area contributed by atoms with Crippen molar-refractivity contribution >= 4 is 42.4 Å². The molecule has 0 radical (unpaired) electrons. The molecule has 2 aromatic carbocycles. The molecule has 142 valence electrons. The molecule has 0 saturated carbocycles. The Morgan fingerprint density at radius 3 is 2.22 bits per heavy atom. The summed E-state index contributed by atoms with van der Waals surface area (Å²) in [6, 6.07) is 13.8. The van der Waals surface area contributed by atoms with Gasteiger partial charge in [-0.15, -0.1) is 11.3 Å². The molecule has 1 aromatic heterocycles. The molecule has 1 N–H and O–H groups in total. The van der Waals surface area contributed by atoms with E-state index in [0.717, 1.165) is 28.6 Å². The predicted octanol–water partition coefficient (Wildman–Crippen LogP) is 4.27. The highest BCUT2D eigenvalue weighted by Crippen LogP contribution is 2.33. The van der Waals surface area contributed by atoms with Gasteiger partial charge in [-0.1, -0.05) is 12.1 Å². The fourth-order valence-corrected chi connectivity index (χ4v) is 5.21. The van der Waals surface area contributed by atoms with Gasteiger partial charge in [0.2, 0.25) is 0 Å². The number of benzene rings is 2. The number of sulfone groups is 2. The molecule has 8 heteroatoms. The van der Waals surface area contributed by atoms with Crippen molar-refractivity contribution in [2.24, 2.45) is 0 Å². The van der Waals surface area contributed by atoms with Crippen LogP contribution in [0.15, 0.2) is 63.7 Å². The molecule has 0 aliphatic carbocycles. The van der Waals surface area contributed by atoms with Gasteiger partial charge in [-0.25, -0.2) is 16.8 Å². The molecule has 0 aliphatic rings. The van der Waals surface area contributed by atoms with Gasteiger partial charge in [0.15, 0.2) is 19.7 Å². The second-order valence-corrected chi connectivity index (χ2v) is 11.3. The minimum Gasteiger partial charge on any atom is -0.354 e. The van der Waals surface area contributed by atoms with Crippen molar-refractivity contribution in [3.63, 3.8) is 0 Å².